The lowest BCUT2D eigenvalue weighted by atomic mass is 10.3. The molecule has 1 aromatic carbocycles. The summed E-state index contributed by atoms with van der Waals surface area (Å²) in [5.41, 5.74) is 6.36. The maximum absolute atomic E-state index is 11.7. The Morgan fingerprint density at radius 2 is 1.83 bits per heavy atom. The standard InChI is InChI=1S/C8H7ClN3O3PS2/c9-5-3-4-1-2-6(5)12-8(18)15-16(10,13)14-7(17)11-4/h1-3H,(H2,10,13)(H,11,17)(H,12,18). The van der Waals surface area contributed by atoms with E-state index in [0.717, 1.165) is 0 Å². The van der Waals surface area contributed by atoms with Crippen molar-refractivity contribution in [1.82, 2.24) is 0 Å². The van der Waals surface area contributed by atoms with Crippen molar-refractivity contribution in [2.45, 2.75) is 0 Å². The lowest BCUT2D eigenvalue weighted by Gasteiger charge is -2.15. The summed E-state index contributed by atoms with van der Waals surface area (Å²) in [5.74, 6) is 0. The van der Waals surface area contributed by atoms with Crippen molar-refractivity contribution in [1.29, 1.82) is 0 Å². The Labute approximate surface area is 118 Å². The predicted octanol–water partition coefficient (Wildman–Crippen LogP) is 2.85. The monoisotopic (exact) mass is 323 g/mol. The maximum atomic E-state index is 11.7. The SMILES string of the molecule is NP1(=O)OC(=S)Nc2ccc(c(Cl)c2)NC(=S)O1. The maximum Gasteiger partial charge on any atom is 0.513 e. The molecule has 0 saturated heterocycles. The zero-order valence-electron chi connectivity index (χ0n) is 8.68. The number of hydrogen-bond donors (Lipinski definition) is 3. The average Bonchev–Trinajstić information content (AvgIpc) is 2.21. The molecule has 2 aliphatic heterocycles. The highest BCUT2D eigenvalue weighted by molar-refractivity contribution is 7.81. The van der Waals surface area contributed by atoms with E-state index in [4.69, 9.17) is 50.6 Å². The third kappa shape index (κ3) is 3.30. The van der Waals surface area contributed by atoms with Gasteiger partial charge >= 0.3 is 7.75 Å². The lowest BCUT2D eigenvalue weighted by Crippen LogP contribution is -2.19. The summed E-state index contributed by atoms with van der Waals surface area (Å²) in [6.45, 7) is 0. The molecule has 10 heteroatoms. The molecule has 1 atom stereocenters. The van der Waals surface area contributed by atoms with Crippen LogP contribution in [0.25, 0.3) is 0 Å². The molecule has 1 aromatic rings. The Morgan fingerprint density at radius 1 is 1.22 bits per heavy atom. The lowest BCUT2D eigenvalue weighted by molar-refractivity contribution is 0.385. The molecule has 0 aliphatic carbocycles. The van der Waals surface area contributed by atoms with Gasteiger partial charge in [0, 0.05) is 5.69 Å². The van der Waals surface area contributed by atoms with E-state index < -0.39 is 7.75 Å². The quantitative estimate of drug-likeness (QED) is 0.496. The predicted molar refractivity (Wildman–Crippen MR) is 77.9 cm³/mol. The van der Waals surface area contributed by atoms with Crippen LogP contribution in [0.2, 0.25) is 5.02 Å². The largest absolute Gasteiger partial charge is 0.513 e. The number of hydrogen-bond acceptors (Lipinski definition) is 5. The van der Waals surface area contributed by atoms with Gasteiger partial charge in [0.25, 0.3) is 10.3 Å². The molecular weight excluding hydrogens is 317 g/mol. The second-order valence-electron chi connectivity index (χ2n) is 3.24. The molecule has 0 amide bonds. The molecule has 0 aromatic heterocycles. The number of halogens is 1. The zero-order valence-corrected chi connectivity index (χ0v) is 12.0. The third-order valence-corrected chi connectivity index (χ3v) is 3.68. The normalized spacial score (nSPS) is 23.2. The second-order valence-corrected chi connectivity index (χ2v) is 5.84. The highest BCUT2D eigenvalue weighted by Gasteiger charge is 2.26. The zero-order chi connectivity index (χ0) is 13.3. The first-order valence-corrected chi connectivity index (χ1v) is 7.36. The minimum atomic E-state index is -3.91. The fourth-order valence-electron chi connectivity index (χ4n) is 1.22. The summed E-state index contributed by atoms with van der Waals surface area (Å²) in [7, 11) is -3.91. The van der Waals surface area contributed by atoms with Crippen LogP contribution in [0.4, 0.5) is 11.4 Å². The van der Waals surface area contributed by atoms with Crippen LogP contribution in [0.1, 0.15) is 0 Å². The molecule has 0 radical (unpaired) electrons. The van der Waals surface area contributed by atoms with Gasteiger partial charge in [-0.15, -0.1) is 0 Å². The highest BCUT2D eigenvalue weighted by atomic mass is 35.5. The number of benzene rings is 1. The van der Waals surface area contributed by atoms with Crippen LogP contribution in [0.3, 0.4) is 0 Å². The van der Waals surface area contributed by atoms with Crippen LogP contribution in [-0.4, -0.2) is 10.3 Å². The van der Waals surface area contributed by atoms with Crippen molar-refractivity contribution in [3.8, 4) is 0 Å². The van der Waals surface area contributed by atoms with E-state index in [-0.39, 0.29) is 10.3 Å². The first-order valence-electron chi connectivity index (χ1n) is 4.55. The van der Waals surface area contributed by atoms with Gasteiger partial charge in [0.05, 0.1) is 10.7 Å². The summed E-state index contributed by atoms with van der Waals surface area (Å²) in [4.78, 5) is 0. The summed E-state index contributed by atoms with van der Waals surface area (Å²) < 4.78 is 21.3. The topological polar surface area (TPSA) is 85.6 Å². The van der Waals surface area contributed by atoms with Crippen LogP contribution in [-0.2, 0) is 13.6 Å². The molecule has 6 nitrogen and oxygen atoms in total. The first kappa shape index (κ1) is 13.5. The van der Waals surface area contributed by atoms with E-state index in [2.05, 4.69) is 10.6 Å². The minimum absolute atomic E-state index is 0.200. The molecule has 3 rings (SSSR count). The summed E-state index contributed by atoms with van der Waals surface area (Å²) in [5, 5.41) is 5.26. The van der Waals surface area contributed by atoms with Gasteiger partial charge < -0.3 is 19.7 Å². The van der Waals surface area contributed by atoms with Gasteiger partial charge in [-0.3, -0.25) is 0 Å². The van der Waals surface area contributed by atoms with E-state index in [0.29, 0.717) is 16.4 Å². The molecule has 1 unspecified atom stereocenters. The van der Waals surface area contributed by atoms with Gasteiger partial charge in [-0.25, -0.2) is 10.1 Å². The van der Waals surface area contributed by atoms with Crippen molar-refractivity contribution in [2.75, 3.05) is 10.6 Å². The number of nitrogens with two attached hydrogens (primary N) is 1. The van der Waals surface area contributed by atoms with E-state index in [1.54, 1.807) is 18.2 Å². The Bertz CT molecular complexity index is 583. The van der Waals surface area contributed by atoms with Gasteiger partial charge in [-0.1, -0.05) is 11.6 Å². The van der Waals surface area contributed by atoms with Gasteiger partial charge in [0.2, 0.25) is 0 Å². The molecule has 0 fully saturated rings. The van der Waals surface area contributed by atoms with E-state index in [1.165, 1.54) is 0 Å². The first-order chi connectivity index (χ1) is 8.35. The molecule has 2 bridgehead atoms. The summed E-state index contributed by atoms with van der Waals surface area (Å²) >= 11 is 15.7. The fraction of sp³-hybridized carbons (Fsp3) is 0. The Balaban J connectivity index is 2.41. The van der Waals surface area contributed by atoms with Gasteiger partial charge in [0.15, 0.2) is 0 Å². The van der Waals surface area contributed by atoms with Crippen molar-refractivity contribution in [3.05, 3.63) is 23.2 Å². The molecule has 0 spiro atoms. The number of nitrogens with one attached hydrogen (secondary N) is 2. The molecular formula is C8H7ClN3O3PS2. The number of anilines is 2. The van der Waals surface area contributed by atoms with Crippen LogP contribution in [0, 0.1) is 0 Å². The third-order valence-electron chi connectivity index (χ3n) is 1.87. The Hall–Kier alpha value is -0.920. The summed E-state index contributed by atoms with van der Waals surface area (Å²) in [6.07, 6.45) is 0. The molecule has 18 heavy (non-hydrogen) atoms. The molecule has 96 valence electrons. The fourth-order valence-corrected chi connectivity index (χ4v) is 2.89. The van der Waals surface area contributed by atoms with Crippen molar-refractivity contribution < 1.29 is 13.6 Å². The number of thiocarbonyl (C=S) groups is 2. The summed E-state index contributed by atoms with van der Waals surface area (Å²) in [6, 6.07) is 4.92. The Kier molecular flexibility index (Phi) is 3.74. The van der Waals surface area contributed by atoms with Crippen LogP contribution >= 0.6 is 43.8 Å². The van der Waals surface area contributed by atoms with Crippen molar-refractivity contribution in [2.24, 2.45) is 5.50 Å². The molecule has 4 N–H and O–H groups in total. The molecule has 0 saturated carbocycles. The second kappa shape index (κ2) is 4.99. The van der Waals surface area contributed by atoms with Gasteiger partial charge in [-0.05, 0) is 42.6 Å². The van der Waals surface area contributed by atoms with Crippen molar-refractivity contribution in [3.63, 3.8) is 0 Å². The van der Waals surface area contributed by atoms with Gasteiger partial charge in [-0.2, -0.15) is 0 Å². The highest BCUT2D eigenvalue weighted by Crippen LogP contribution is 2.41. The van der Waals surface area contributed by atoms with Crippen LogP contribution < -0.4 is 16.1 Å². The number of fused-ring (bicyclic) bond motifs is 8. The van der Waals surface area contributed by atoms with E-state index >= 15 is 0 Å². The van der Waals surface area contributed by atoms with Crippen molar-refractivity contribution >= 4 is 65.5 Å². The minimum Gasteiger partial charge on any atom is -0.377 e. The molecule has 2 heterocycles. The smallest absolute Gasteiger partial charge is 0.377 e. The Morgan fingerprint density at radius 3 is 2.44 bits per heavy atom. The van der Waals surface area contributed by atoms with Crippen LogP contribution in [0.5, 0.6) is 0 Å². The van der Waals surface area contributed by atoms with E-state index in [9.17, 15) is 4.57 Å². The van der Waals surface area contributed by atoms with Crippen LogP contribution in [0.15, 0.2) is 18.2 Å². The average molecular weight is 324 g/mol. The number of rotatable bonds is 0. The van der Waals surface area contributed by atoms with E-state index in [1.807, 2.05) is 0 Å². The molecule has 2 aliphatic rings. The van der Waals surface area contributed by atoms with Gasteiger partial charge in [0.1, 0.15) is 0 Å².